The van der Waals surface area contributed by atoms with Crippen LogP contribution in [0.2, 0.25) is 0 Å². The number of imidazole rings is 1. The van der Waals surface area contributed by atoms with Gasteiger partial charge in [0.25, 0.3) is 10.0 Å². The highest BCUT2D eigenvalue weighted by Gasteiger charge is 2.41. The van der Waals surface area contributed by atoms with Crippen LogP contribution in [-0.2, 0) is 10.0 Å². The fourth-order valence-electron chi connectivity index (χ4n) is 5.77. The third kappa shape index (κ3) is 5.23. The van der Waals surface area contributed by atoms with Gasteiger partial charge in [0.1, 0.15) is 15.8 Å². The Morgan fingerprint density at radius 3 is 2.72 bits per heavy atom. The first-order valence-electron chi connectivity index (χ1n) is 13.2. The molecule has 11 heteroatoms. The summed E-state index contributed by atoms with van der Waals surface area (Å²) in [6.07, 6.45) is 8.45. The smallest absolute Gasteiger partial charge is 0.252 e. The molecule has 4 aromatic rings. The van der Waals surface area contributed by atoms with Crippen LogP contribution >= 0.6 is 11.3 Å². The zero-order valence-electron chi connectivity index (χ0n) is 21.6. The maximum absolute atomic E-state index is 13.6. The number of halogens is 1. The van der Waals surface area contributed by atoms with E-state index in [9.17, 15) is 12.8 Å². The van der Waals surface area contributed by atoms with Gasteiger partial charge < -0.3 is 9.88 Å². The van der Waals surface area contributed by atoms with E-state index < -0.39 is 10.0 Å². The van der Waals surface area contributed by atoms with Gasteiger partial charge in [0.05, 0.1) is 29.1 Å². The van der Waals surface area contributed by atoms with Gasteiger partial charge in [-0.1, -0.05) is 18.2 Å². The Kier molecular flexibility index (Phi) is 7.23. The standard InChI is InChI=1S/C28H31FN6O2S2/c1-20(21-8-10-22(29)11-9-21)35-19-30-17-25(35)24-6-4-5-23-18-33(15-16-34(23)24)39(36,37)28-13-12-27(38-28)32-26-7-2-3-14-31-26/h2-3,7-14,17,19-20,23-24H,4-6,15-16,18H2,1H3,(H,31,32)/t20-,23?,24?/m1/s1. The van der Waals surface area contributed by atoms with Crippen molar-refractivity contribution in [2.75, 3.05) is 25.0 Å². The van der Waals surface area contributed by atoms with Crippen molar-refractivity contribution in [1.82, 2.24) is 23.7 Å². The molecule has 0 radical (unpaired) electrons. The van der Waals surface area contributed by atoms with Crippen molar-refractivity contribution in [3.8, 4) is 0 Å². The average molecular weight is 567 g/mol. The topological polar surface area (TPSA) is 83.4 Å². The molecule has 0 saturated carbocycles. The summed E-state index contributed by atoms with van der Waals surface area (Å²) in [5.41, 5.74) is 2.14. The second-order valence-electron chi connectivity index (χ2n) is 10.1. The van der Waals surface area contributed by atoms with Gasteiger partial charge in [-0.05, 0) is 68.1 Å². The van der Waals surface area contributed by atoms with Gasteiger partial charge in [0, 0.05) is 38.1 Å². The summed E-state index contributed by atoms with van der Waals surface area (Å²) in [6.45, 7) is 3.68. The van der Waals surface area contributed by atoms with E-state index in [0.717, 1.165) is 35.5 Å². The molecule has 2 unspecified atom stereocenters. The van der Waals surface area contributed by atoms with E-state index in [1.807, 2.05) is 42.9 Å². The van der Waals surface area contributed by atoms with Crippen molar-refractivity contribution in [2.24, 2.45) is 0 Å². The van der Waals surface area contributed by atoms with Crippen LogP contribution in [-0.4, -0.2) is 57.8 Å². The number of hydrogen-bond donors (Lipinski definition) is 1. The van der Waals surface area contributed by atoms with Crippen molar-refractivity contribution in [3.05, 3.63) is 90.4 Å². The summed E-state index contributed by atoms with van der Waals surface area (Å²) >= 11 is 1.23. The highest BCUT2D eigenvalue weighted by atomic mass is 32.2. The third-order valence-corrected chi connectivity index (χ3v) is 11.1. The molecule has 0 aliphatic carbocycles. The van der Waals surface area contributed by atoms with Crippen molar-refractivity contribution in [1.29, 1.82) is 0 Å². The minimum atomic E-state index is -3.60. The van der Waals surface area contributed by atoms with Crippen LogP contribution in [0.5, 0.6) is 0 Å². The second-order valence-corrected chi connectivity index (χ2v) is 13.4. The van der Waals surface area contributed by atoms with Gasteiger partial charge in [-0.25, -0.2) is 22.8 Å². The predicted octanol–water partition coefficient (Wildman–Crippen LogP) is 5.43. The lowest BCUT2D eigenvalue weighted by molar-refractivity contribution is 0.0321. The van der Waals surface area contributed by atoms with Gasteiger partial charge in [0.2, 0.25) is 0 Å². The van der Waals surface area contributed by atoms with E-state index >= 15 is 0 Å². The number of nitrogens with zero attached hydrogens (tertiary/aromatic N) is 5. The zero-order chi connectivity index (χ0) is 27.0. The van der Waals surface area contributed by atoms with Crippen LogP contribution in [0.3, 0.4) is 0 Å². The van der Waals surface area contributed by atoms with Crippen molar-refractivity contribution < 1.29 is 12.8 Å². The molecule has 3 atom stereocenters. The number of rotatable bonds is 7. The lowest BCUT2D eigenvalue weighted by atomic mass is 9.92. The first-order chi connectivity index (χ1) is 18.9. The second kappa shape index (κ2) is 10.8. The molecule has 2 aliphatic heterocycles. The molecular formula is C28H31FN6O2S2. The maximum atomic E-state index is 13.6. The molecule has 8 nitrogen and oxygen atoms in total. The first-order valence-corrected chi connectivity index (χ1v) is 15.5. The van der Waals surface area contributed by atoms with Crippen LogP contribution < -0.4 is 5.32 Å². The summed E-state index contributed by atoms with van der Waals surface area (Å²) in [4.78, 5) is 11.2. The first kappa shape index (κ1) is 26.1. The van der Waals surface area contributed by atoms with Crippen LogP contribution in [0.25, 0.3) is 0 Å². The largest absolute Gasteiger partial charge is 0.332 e. The number of fused-ring (bicyclic) bond motifs is 1. The highest BCUT2D eigenvalue weighted by Crippen LogP contribution is 2.39. The molecule has 5 heterocycles. The van der Waals surface area contributed by atoms with Crippen LogP contribution in [0.15, 0.2) is 77.5 Å². The number of benzene rings is 1. The molecule has 0 spiro atoms. The minimum absolute atomic E-state index is 0.0119. The number of hydrogen-bond acceptors (Lipinski definition) is 7. The summed E-state index contributed by atoms with van der Waals surface area (Å²) in [6, 6.07) is 16.0. The fraction of sp³-hybridized carbons (Fsp3) is 0.357. The van der Waals surface area contributed by atoms with Crippen molar-refractivity contribution in [2.45, 2.75) is 48.5 Å². The SMILES string of the molecule is C[C@H](c1ccc(F)cc1)n1cncc1C1CCCC2CN(S(=O)(=O)c3ccc(Nc4ccccn4)s3)CCN21. The molecule has 1 N–H and O–H groups in total. The molecule has 0 amide bonds. The molecule has 6 rings (SSSR count). The number of nitrogens with one attached hydrogen (secondary N) is 1. The molecule has 3 aromatic heterocycles. The summed E-state index contributed by atoms with van der Waals surface area (Å²) in [5.74, 6) is 0.432. The van der Waals surface area contributed by atoms with Crippen LogP contribution in [0, 0.1) is 5.82 Å². The van der Waals surface area contributed by atoms with Gasteiger partial charge in [-0.2, -0.15) is 4.31 Å². The average Bonchev–Trinajstić information content (AvgIpc) is 3.64. The molecule has 39 heavy (non-hydrogen) atoms. The van der Waals surface area contributed by atoms with E-state index in [4.69, 9.17) is 0 Å². The predicted molar refractivity (Wildman–Crippen MR) is 150 cm³/mol. The van der Waals surface area contributed by atoms with E-state index in [1.54, 1.807) is 22.6 Å². The van der Waals surface area contributed by atoms with Crippen LogP contribution in [0.1, 0.15) is 49.5 Å². The molecule has 1 aromatic carbocycles. The normalized spacial score (nSPS) is 21.4. The molecule has 2 fully saturated rings. The Morgan fingerprint density at radius 1 is 1.08 bits per heavy atom. The van der Waals surface area contributed by atoms with Gasteiger partial charge in [-0.3, -0.25) is 4.90 Å². The van der Waals surface area contributed by atoms with Crippen molar-refractivity contribution >= 4 is 32.2 Å². The molecule has 204 valence electrons. The van der Waals surface area contributed by atoms with E-state index in [1.165, 1.54) is 23.5 Å². The summed E-state index contributed by atoms with van der Waals surface area (Å²) in [5, 5.41) is 3.93. The Hall–Kier alpha value is -3.12. The summed E-state index contributed by atoms with van der Waals surface area (Å²) in [7, 11) is -3.60. The molecule has 0 bridgehead atoms. The number of piperazine rings is 1. The maximum Gasteiger partial charge on any atom is 0.252 e. The number of aromatic nitrogens is 3. The lowest BCUT2D eigenvalue weighted by Gasteiger charge is -2.48. The highest BCUT2D eigenvalue weighted by molar-refractivity contribution is 7.91. The lowest BCUT2D eigenvalue weighted by Crippen LogP contribution is -2.57. The fourth-order valence-corrected chi connectivity index (χ4v) is 8.61. The number of thiophene rings is 1. The van der Waals surface area contributed by atoms with E-state index in [-0.39, 0.29) is 23.9 Å². The van der Waals surface area contributed by atoms with Crippen LogP contribution in [0.4, 0.5) is 15.2 Å². The zero-order valence-corrected chi connectivity index (χ0v) is 23.3. The number of piperidine rings is 1. The monoisotopic (exact) mass is 566 g/mol. The Bertz CT molecular complexity index is 1520. The third-order valence-electron chi connectivity index (χ3n) is 7.80. The summed E-state index contributed by atoms with van der Waals surface area (Å²) < 4.78 is 44.8. The Balaban J connectivity index is 1.17. The van der Waals surface area contributed by atoms with Crippen molar-refractivity contribution in [3.63, 3.8) is 0 Å². The molecule has 2 aliphatic rings. The van der Waals surface area contributed by atoms with Gasteiger partial charge in [0.15, 0.2) is 0 Å². The van der Waals surface area contributed by atoms with Gasteiger partial charge in [-0.15, -0.1) is 11.3 Å². The van der Waals surface area contributed by atoms with E-state index in [2.05, 4.69) is 31.7 Å². The minimum Gasteiger partial charge on any atom is -0.332 e. The Morgan fingerprint density at radius 2 is 1.92 bits per heavy atom. The Labute approximate surface area is 232 Å². The molecule has 2 saturated heterocycles. The number of pyridine rings is 1. The number of sulfonamides is 1. The quantitative estimate of drug-likeness (QED) is 0.321. The number of anilines is 2. The van der Waals surface area contributed by atoms with E-state index in [0.29, 0.717) is 29.7 Å². The molecular weight excluding hydrogens is 535 g/mol. The van der Waals surface area contributed by atoms with Gasteiger partial charge >= 0.3 is 0 Å².